The molecule has 6 rings (SSSR count). The van der Waals surface area contributed by atoms with Crippen molar-refractivity contribution in [1.82, 2.24) is 25.3 Å². The summed E-state index contributed by atoms with van der Waals surface area (Å²) in [5.41, 5.74) is 4.93. The molecule has 3 aliphatic rings. The van der Waals surface area contributed by atoms with Gasteiger partial charge in [-0.3, -0.25) is 9.98 Å². The highest BCUT2D eigenvalue weighted by Crippen LogP contribution is 2.43. The molecule has 174 valence electrons. The molecule has 9 heteroatoms. The number of nitrogens with one attached hydrogen (secondary N) is 2. The first kappa shape index (κ1) is 21.0. The van der Waals surface area contributed by atoms with Crippen molar-refractivity contribution in [2.45, 2.75) is 32.1 Å². The van der Waals surface area contributed by atoms with Crippen LogP contribution in [0.4, 0.5) is 17.3 Å². The van der Waals surface area contributed by atoms with Crippen LogP contribution in [0.5, 0.6) is 0 Å². The van der Waals surface area contributed by atoms with Crippen LogP contribution in [0.15, 0.2) is 41.5 Å². The Morgan fingerprint density at radius 1 is 1.21 bits per heavy atom. The second-order valence-electron chi connectivity index (χ2n) is 9.15. The van der Waals surface area contributed by atoms with Gasteiger partial charge in [-0.25, -0.2) is 15.0 Å². The molecule has 34 heavy (non-hydrogen) atoms. The molecule has 0 radical (unpaired) electrons. The number of fused-ring (bicyclic) bond motifs is 2. The van der Waals surface area contributed by atoms with Gasteiger partial charge in [0.25, 0.3) is 0 Å². The first-order chi connectivity index (χ1) is 16.7. The SMILES string of the molecule is C=N/C(C)=C\N1CNc2nccc(-c3nc(N4CCNCC4)c4c(C5CCC5)cncc4n3)c21. The second-order valence-corrected chi connectivity index (χ2v) is 9.15. The van der Waals surface area contributed by atoms with Crippen molar-refractivity contribution < 1.29 is 0 Å². The molecule has 3 aromatic rings. The Balaban J connectivity index is 1.55. The van der Waals surface area contributed by atoms with Gasteiger partial charge in [0.2, 0.25) is 0 Å². The van der Waals surface area contributed by atoms with E-state index in [-0.39, 0.29) is 0 Å². The van der Waals surface area contributed by atoms with Crippen LogP contribution >= 0.6 is 0 Å². The first-order valence-electron chi connectivity index (χ1n) is 12.0. The molecular weight excluding hydrogens is 426 g/mol. The van der Waals surface area contributed by atoms with Crippen LogP contribution in [-0.4, -0.2) is 59.5 Å². The van der Waals surface area contributed by atoms with Gasteiger partial charge in [-0.1, -0.05) is 6.42 Å². The molecule has 2 N–H and O–H groups in total. The molecular formula is C25H29N9. The Hall–Kier alpha value is -3.59. The van der Waals surface area contributed by atoms with Gasteiger partial charge in [-0.05, 0) is 44.0 Å². The third-order valence-electron chi connectivity index (χ3n) is 7.04. The highest BCUT2D eigenvalue weighted by atomic mass is 15.3. The minimum Gasteiger partial charge on any atom is -0.353 e. The molecule has 5 heterocycles. The quantitative estimate of drug-likeness (QED) is 0.565. The fraction of sp³-hybridized carbons (Fsp3) is 0.400. The highest BCUT2D eigenvalue weighted by Gasteiger charge is 2.29. The van der Waals surface area contributed by atoms with Crippen molar-refractivity contribution in [1.29, 1.82) is 0 Å². The van der Waals surface area contributed by atoms with E-state index in [0.717, 1.165) is 65.7 Å². The summed E-state index contributed by atoms with van der Waals surface area (Å²) in [7, 11) is 0. The Morgan fingerprint density at radius 3 is 2.82 bits per heavy atom. The summed E-state index contributed by atoms with van der Waals surface area (Å²) in [6.45, 7) is 9.94. The van der Waals surface area contributed by atoms with Crippen LogP contribution < -0.4 is 20.4 Å². The number of hydrogen-bond acceptors (Lipinski definition) is 9. The standard InChI is InChI=1S/C25H29N9/c1-16(26-2)14-34-15-30-24-22(34)18(6-7-29-24)23-31-20-13-28-12-19(17-4-3-5-17)21(20)25(32-23)33-10-8-27-9-11-33/h6-7,12-14,17,27H,2-5,8-11,15H2,1H3,(H,29,30)/b16-14-. The van der Waals surface area contributed by atoms with E-state index in [0.29, 0.717) is 18.4 Å². The third-order valence-corrected chi connectivity index (χ3v) is 7.04. The zero-order valence-electron chi connectivity index (χ0n) is 19.5. The molecule has 1 saturated heterocycles. The lowest BCUT2D eigenvalue weighted by Crippen LogP contribution is -2.44. The Labute approximate surface area is 199 Å². The van der Waals surface area contributed by atoms with E-state index in [1.807, 2.05) is 37.8 Å². The maximum absolute atomic E-state index is 5.23. The highest BCUT2D eigenvalue weighted by molar-refractivity contribution is 5.96. The molecule has 0 atom stereocenters. The van der Waals surface area contributed by atoms with Gasteiger partial charge in [0.1, 0.15) is 5.82 Å². The Bertz CT molecular complexity index is 1270. The summed E-state index contributed by atoms with van der Waals surface area (Å²) in [6.07, 6.45) is 11.4. The van der Waals surface area contributed by atoms with E-state index in [1.54, 1.807) is 0 Å². The third kappa shape index (κ3) is 3.56. The topological polar surface area (TPSA) is 94.5 Å². The van der Waals surface area contributed by atoms with Crippen LogP contribution in [0.2, 0.25) is 0 Å². The lowest BCUT2D eigenvalue weighted by atomic mass is 9.79. The van der Waals surface area contributed by atoms with Gasteiger partial charge in [-0.15, -0.1) is 0 Å². The van der Waals surface area contributed by atoms with Gasteiger partial charge in [0.05, 0.1) is 29.8 Å². The van der Waals surface area contributed by atoms with Crippen molar-refractivity contribution >= 4 is 34.9 Å². The summed E-state index contributed by atoms with van der Waals surface area (Å²) in [5.74, 6) is 3.09. The first-order valence-corrected chi connectivity index (χ1v) is 12.0. The number of nitrogens with zero attached hydrogens (tertiary/aromatic N) is 7. The van der Waals surface area contributed by atoms with Crippen LogP contribution in [0.25, 0.3) is 22.3 Å². The molecule has 2 aliphatic heterocycles. The smallest absolute Gasteiger partial charge is 0.164 e. The largest absolute Gasteiger partial charge is 0.353 e. The van der Waals surface area contributed by atoms with Crippen LogP contribution in [0.1, 0.15) is 37.7 Å². The van der Waals surface area contributed by atoms with Crippen molar-refractivity contribution in [3.63, 3.8) is 0 Å². The van der Waals surface area contributed by atoms with E-state index in [2.05, 4.69) is 42.1 Å². The number of anilines is 3. The molecule has 9 nitrogen and oxygen atoms in total. The molecule has 1 saturated carbocycles. The van der Waals surface area contributed by atoms with Gasteiger partial charge >= 0.3 is 0 Å². The van der Waals surface area contributed by atoms with E-state index in [1.165, 1.54) is 24.8 Å². The average molecular weight is 456 g/mol. The van der Waals surface area contributed by atoms with Gasteiger partial charge in [0.15, 0.2) is 11.6 Å². The van der Waals surface area contributed by atoms with Gasteiger partial charge in [-0.2, -0.15) is 0 Å². The van der Waals surface area contributed by atoms with E-state index in [9.17, 15) is 0 Å². The summed E-state index contributed by atoms with van der Waals surface area (Å²) >= 11 is 0. The van der Waals surface area contributed by atoms with Crippen LogP contribution in [0.3, 0.4) is 0 Å². The zero-order chi connectivity index (χ0) is 23.1. The van der Waals surface area contributed by atoms with Crippen LogP contribution in [0, 0.1) is 0 Å². The Morgan fingerprint density at radius 2 is 2.06 bits per heavy atom. The minimum absolute atomic E-state index is 0.552. The van der Waals surface area contributed by atoms with Crippen molar-refractivity contribution in [2.24, 2.45) is 4.99 Å². The fourth-order valence-electron chi connectivity index (χ4n) is 5.01. The van der Waals surface area contributed by atoms with E-state index in [4.69, 9.17) is 9.97 Å². The Kier molecular flexibility index (Phi) is 5.33. The summed E-state index contributed by atoms with van der Waals surface area (Å²) in [6, 6.07) is 2.00. The number of allylic oxidation sites excluding steroid dienone is 1. The van der Waals surface area contributed by atoms with Crippen molar-refractivity contribution in [2.75, 3.05) is 48.0 Å². The number of hydrogen-bond donors (Lipinski definition) is 2. The monoisotopic (exact) mass is 455 g/mol. The number of aromatic nitrogens is 4. The maximum Gasteiger partial charge on any atom is 0.164 e. The molecule has 1 aliphatic carbocycles. The zero-order valence-corrected chi connectivity index (χ0v) is 19.5. The van der Waals surface area contributed by atoms with E-state index < -0.39 is 0 Å². The summed E-state index contributed by atoms with van der Waals surface area (Å²) < 4.78 is 0. The molecule has 0 unspecified atom stereocenters. The summed E-state index contributed by atoms with van der Waals surface area (Å²) in [4.78, 5) is 28.0. The number of piperazine rings is 1. The number of rotatable bonds is 5. The number of pyridine rings is 2. The van der Waals surface area contributed by atoms with Gasteiger partial charge in [0, 0.05) is 55.7 Å². The minimum atomic E-state index is 0.552. The predicted molar refractivity (Wildman–Crippen MR) is 137 cm³/mol. The average Bonchev–Trinajstić information content (AvgIpc) is 3.25. The van der Waals surface area contributed by atoms with Crippen LogP contribution in [-0.2, 0) is 0 Å². The van der Waals surface area contributed by atoms with Gasteiger partial charge < -0.3 is 20.4 Å². The molecule has 0 bridgehead atoms. The molecule has 0 spiro atoms. The lowest BCUT2D eigenvalue weighted by molar-refractivity contribution is 0.421. The molecule has 2 fully saturated rings. The predicted octanol–water partition coefficient (Wildman–Crippen LogP) is 3.52. The van der Waals surface area contributed by atoms with Crippen molar-refractivity contribution in [3.8, 4) is 11.4 Å². The normalized spacial score (nSPS) is 18.6. The second kappa shape index (κ2) is 8.64. The maximum atomic E-state index is 5.23. The molecule has 3 aromatic heterocycles. The summed E-state index contributed by atoms with van der Waals surface area (Å²) in [5, 5.41) is 7.99. The molecule has 0 amide bonds. The van der Waals surface area contributed by atoms with E-state index >= 15 is 0 Å². The fourth-order valence-corrected chi connectivity index (χ4v) is 5.01. The number of aliphatic imine (C=N–C) groups is 1. The molecule has 0 aromatic carbocycles. The van der Waals surface area contributed by atoms with Crippen molar-refractivity contribution in [3.05, 3.63) is 42.1 Å². The lowest BCUT2D eigenvalue weighted by Gasteiger charge is -2.32.